The van der Waals surface area contributed by atoms with Crippen molar-refractivity contribution in [3.63, 3.8) is 0 Å². The lowest BCUT2D eigenvalue weighted by molar-refractivity contribution is -0.135. The molecule has 0 radical (unpaired) electrons. The zero-order valence-electron chi connectivity index (χ0n) is 14.1. The van der Waals surface area contributed by atoms with E-state index in [1.54, 1.807) is 0 Å². The highest BCUT2D eigenvalue weighted by molar-refractivity contribution is 5.85. The summed E-state index contributed by atoms with van der Waals surface area (Å²) in [5.74, 6) is -1.57. The molecule has 0 aromatic heterocycles. The predicted molar refractivity (Wildman–Crippen MR) is 86.7 cm³/mol. The molecule has 0 aliphatic heterocycles. The largest absolute Gasteiger partial charge is 0.394 e. The highest BCUT2D eigenvalue weighted by atomic mass is 16.5. The number of aliphatic hydroxyl groups excluding tert-OH is 2. The Morgan fingerprint density at radius 2 is 1.52 bits per heavy atom. The van der Waals surface area contributed by atoms with Crippen LogP contribution in [0.2, 0.25) is 0 Å². The minimum Gasteiger partial charge on any atom is -0.394 e. The van der Waals surface area contributed by atoms with Gasteiger partial charge in [-0.05, 0) is 6.42 Å². The van der Waals surface area contributed by atoms with Crippen LogP contribution in [0.1, 0.15) is 64.7 Å². The molecule has 7 nitrogen and oxygen atoms in total. The van der Waals surface area contributed by atoms with E-state index < -0.39 is 17.9 Å². The van der Waals surface area contributed by atoms with Gasteiger partial charge in [0.25, 0.3) is 0 Å². The van der Waals surface area contributed by atoms with Crippen LogP contribution in [0.5, 0.6) is 0 Å². The van der Waals surface area contributed by atoms with Gasteiger partial charge in [0, 0.05) is 12.3 Å². The van der Waals surface area contributed by atoms with Crippen LogP contribution < -0.4 is 10.8 Å². The molecule has 0 saturated carbocycles. The fourth-order valence-electron chi connectivity index (χ4n) is 2.41. The predicted octanol–water partition coefficient (Wildman–Crippen LogP) is 1.11. The highest BCUT2D eigenvalue weighted by Crippen LogP contribution is 2.16. The molecular weight excluding hydrogens is 300 g/mol. The van der Waals surface area contributed by atoms with E-state index in [1.807, 2.05) is 0 Å². The lowest BCUT2D eigenvalue weighted by atomic mass is 9.95. The Bertz CT molecular complexity index is 322. The zero-order valence-corrected chi connectivity index (χ0v) is 14.1. The summed E-state index contributed by atoms with van der Waals surface area (Å²) in [6.07, 6.45) is 8.21. The van der Waals surface area contributed by atoms with Gasteiger partial charge < -0.3 is 15.5 Å². The first-order valence-corrected chi connectivity index (χ1v) is 8.54. The number of nitrogens with one attached hydrogen (secondary N) is 2. The van der Waals surface area contributed by atoms with E-state index in [1.165, 1.54) is 31.2 Å². The summed E-state index contributed by atoms with van der Waals surface area (Å²) < 4.78 is 0. The Morgan fingerprint density at radius 1 is 0.957 bits per heavy atom. The third-order valence-electron chi connectivity index (χ3n) is 3.87. The molecule has 0 aliphatic rings. The topological polar surface area (TPSA) is 119 Å². The van der Waals surface area contributed by atoms with Crippen LogP contribution in [0.25, 0.3) is 0 Å². The molecule has 1 atom stereocenters. The molecule has 0 spiro atoms. The van der Waals surface area contributed by atoms with Gasteiger partial charge in [0.05, 0.1) is 19.3 Å². The van der Waals surface area contributed by atoms with E-state index in [0.29, 0.717) is 6.42 Å². The van der Waals surface area contributed by atoms with Crippen molar-refractivity contribution in [3.8, 4) is 0 Å². The maximum atomic E-state index is 12.1. The van der Waals surface area contributed by atoms with Crippen LogP contribution in [0, 0.1) is 5.92 Å². The Labute approximate surface area is 138 Å². The molecule has 0 aliphatic carbocycles. The third kappa shape index (κ3) is 11.1. The maximum absolute atomic E-state index is 12.1. The third-order valence-corrected chi connectivity index (χ3v) is 3.87. The fourth-order valence-corrected chi connectivity index (χ4v) is 2.41. The van der Waals surface area contributed by atoms with Crippen molar-refractivity contribution < 1.29 is 25.0 Å². The Balaban J connectivity index is 4.23. The Morgan fingerprint density at radius 3 is 2.04 bits per heavy atom. The van der Waals surface area contributed by atoms with E-state index in [9.17, 15) is 9.59 Å². The Hall–Kier alpha value is -1.18. The number of hydrogen-bond acceptors (Lipinski definition) is 5. The second-order valence-corrected chi connectivity index (χ2v) is 5.92. The summed E-state index contributed by atoms with van der Waals surface area (Å²) in [6, 6.07) is -0.726. The highest BCUT2D eigenvalue weighted by Gasteiger charge is 2.23. The minimum absolute atomic E-state index is 0.109. The molecule has 0 aromatic carbocycles. The number of aliphatic hydroxyl groups is 2. The van der Waals surface area contributed by atoms with Gasteiger partial charge in [-0.15, -0.1) is 0 Å². The van der Waals surface area contributed by atoms with Crippen molar-refractivity contribution in [3.05, 3.63) is 0 Å². The summed E-state index contributed by atoms with van der Waals surface area (Å²) >= 11 is 0. The molecular formula is C16H32N2O5. The van der Waals surface area contributed by atoms with Gasteiger partial charge >= 0.3 is 0 Å². The maximum Gasteiger partial charge on any atom is 0.244 e. The Kier molecular flexibility index (Phi) is 13.7. The number of amides is 2. The molecule has 2 amide bonds. The zero-order chi connectivity index (χ0) is 17.5. The summed E-state index contributed by atoms with van der Waals surface area (Å²) in [4.78, 5) is 23.5. The molecule has 0 rings (SSSR count). The average molecular weight is 332 g/mol. The molecule has 0 saturated heterocycles. The first-order chi connectivity index (χ1) is 11.1. The number of rotatable bonds is 14. The van der Waals surface area contributed by atoms with Gasteiger partial charge in [-0.25, -0.2) is 5.48 Å². The molecule has 0 fully saturated rings. The van der Waals surface area contributed by atoms with Crippen molar-refractivity contribution in [1.82, 2.24) is 10.8 Å². The van der Waals surface area contributed by atoms with Crippen LogP contribution in [0.15, 0.2) is 0 Å². The minimum atomic E-state index is -0.726. The number of unbranched alkanes of at least 4 members (excludes halogenated alkanes) is 6. The molecule has 23 heavy (non-hydrogen) atoms. The van der Waals surface area contributed by atoms with E-state index in [0.717, 1.165) is 19.3 Å². The summed E-state index contributed by atoms with van der Waals surface area (Å²) in [5.41, 5.74) is 1.54. The van der Waals surface area contributed by atoms with E-state index in [4.69, 9.17) is 15.4 Å². The summed E-state index contributed by atoms with van der Waals surface area (Å²) in [7, 11) is 0. The molecule has 0 aromatic rings. The van der Waals surface area contributed by atoms with Crippen LogP contribution in [0.4, 0.5) is 0 Å². The van der Waals surface area contributed by atoms with Crippen molar-refractivity contribution in [2.24, 2.45) is 5.92 Å². The average Bonchev–Trinajstić information content (AvgIpc) is 2.57. The fraction of sp³-hybridized carbons (Fsp3) is 0.875. The first kappa shape index (κ1) is 21.8. The summed E-state index contributed by atoms with van der Waals surface area (Å²) in [5, 5.41) is 29.1. The SMILES string of the molecule is CCCCCCCCCC(CC(=O)NO)C(=O)NC(CO)CO. The van der Waals surface area contributed by atoms with E-state index in [-0.39, 0.29) is 25.5 Å². The normalized spacial score (nSPS) is 12.2. The molecule has 0 heterocycles. The molecule has 7 heteroatoms. The monoisotopic (exact) mass is 332 g/mol. The second-order valence-electron chi connectivity index (χ2n) is 5.92. The van der Waals surface area contributed by atoms with Gasteiger partial charge in [-0.2, -0.15) is 0 Å². The van der Waals surface area contributed by atoms with Crippen molar-refractivity contribution in [1.29, 1.82) is 0 Å². The van der Waals surface area contributed by atoms with E-state index >= 15 is 0 Å². The second kappa shape index (κ2) is 14.4. The van der Waals surface area contributed by atoms with Crippen LogP contribution >= 0.6 is 0 Å². The first-order valence-electron chi connectivity index (χ1n) is 8.54. The van der Waals surface area contributed by atoms with Crippen molar-refractivity contribution in [2.75, 3.05) is 13.2 Å². The number of carbonyl (C=O) groups excluding carboxylic acids is 2. The van der Waals surface area contributed by atoms with Gasteiger partial charge in [0.15, 0.2) is 0 Å². The van der Waals surface area contributed by atoms with Crippen molar-refractivity contribution in [2.45, 2.75) is 70.8 Å². The van der Waals surface area contributed by atoms with Crippen LogP contribution in [-0.4, -0.2) is 46.5 Å². The molecule has 136 valence electrons. The molecule has 0 bridgehead atoms. The van der Waals surface area contributed by atoms with Gasteiger partial charge in [0.2, 0.25) is 11.8 Å². The lowest BCUT2D eigenvalue weighted by Gasteiger charge is -2.19. The standard InChI is InChI=1S/C16H32N2O5/c1-2-3-4-5-6-7-8-9-13(10-15(21)18-23)16(22)17-14(11-19)12-20/h13-14,19-20,23H,2-12H2,1H3,(H,17,22)(H,18,21). The van der Waals surface area contributed by atoms with Gasteiger partial charge in [-0.3, -0.25) is 14.8 Å². The van der Waals surface area contributed by atoms with Crippen LogP contribution in [-0.2, 0) is 9.59 Å². The van der Waals surface area contributed by atoms with E-state index in [2.05, 4.69) is 12.2 Å². The number of hydrogen-bond donors (Lipinski definition) is 5. The number of carbonyl (C=O) groups is 2. The molecule has 5 N–H and O–H groups in total. The van der Waals surface area contributed by atoms with Crippen molar-refractivity contribution >= 4 is 11.8 Å². The molecule has 1 unspecified atom stereocenters. The quantitative estimate of drug-likeness (QED) is 0.185. The van der Waals surface area contributed by atoms with Crippen LogP contribution in [0.3, 0.4) is 0 Å². The van der Waals surface area contributed by atoms with Gasteiger partial charge in [-0.1, -0.05) is 51.9 Å². The number of hydroxylamine groups is 1. The summed E-state index contributed by atoms with van der Waals surface area (Å²) in [6.45, 7) is 1.44. The lowest BCUT2D eigenvalue weighted by Crippen LogP contribution is -2.44. The smallest absolute Gasteiger partial charge is 0.244 e. The van der Waals surface area contributed by atoms with Gasteiger partial charge in [0.1, 0.15) is 0 Å².